The zero-order valence-electron chi connectivity index (χ0n) is 9.87. The number of aromatic hydroxyl groups is 1. The van der Waals surface area contributed by atoms with Crippen molar-refractivity contribution in [3.63, 3.8) is 0 Å². The molecule has 92 valence electrons. The number of hydrogen-bond donors (Lipinski definition) is 1. The van der Waals surface area contributed by atoms with Crippen molar-refractivity contribution in [2.24, 2.45) is 5.92 Å². The summed E-state index contributed by atoms with van der Waals surface area (Å²) in [6, 6.07) is 4.29. The Balaban J connectivity index is 2.64. The molecule has 0 bridgehead atoms. The van der Waals surface area contributed by atoms with Gasteiger partial charge in [-0.2, -0.15) is 0 Å². The molecule has 1 aromatic carbocycles. The van der Waals surface area contributed by atoms with Crippen LogP contribution in [0.1, 0.15) is 37.0 Å². The second-order valence-corrected chi connectivity index (χ2v) is 4.62. The van der Waals surface area contributed by atoms with Gasteiger partial charge in [0.2, 0.25) is 0 Å². The predicted octanol–water partition coefficient (Wildman–Crippen LogP) is 3.23. The molecule has 0 spiro atoms. The van der Waals surface area contributed by atoms with E-state index in [1.807, 2.05) is 13.8 Å². The summed E-state index contributed by atoms with van der Waals surface area (Å²) in [6.45, 7) is 3.62. The van der Waals surface area contributed by atoms with Gasteiger partial charge in [0, 0.05) is 24.3 Å². The maximum absolute atomic E-state index is 11.7. The molecule has 3 nitrogen and oxygen atoms in total. The van der Waals surface area contributed by atoms with Gasteiger partial charge < -0.3 is 5.11 Å². The minimum atomic E-state index is -0.138. The third-order valence-corrected chi connectivity index (χ3v) is 2.81. The number of Topliss-reactive ketones (excluding diaryl/α,β-unsaturated/α-hetero) is 2. The van der Waals surface area contributed by atoms with Crippen molar-refractivity contribution in [3.8, 4) is 5.75 Å². The van der Waals surface area contributed by atoms with Crippen molar-refractivity contribution in [1.82, 2.24) is 0 Å². The monoisotopic (exact) mass is 254 g/mol. The minimum absolute atomic E-state index is 0.0498. The topological polar surface area (TPSA) is 54.4 Å². The number of carbonyl (C=O) groups is 2. The Morgan fingerprint density at radius 3 is 2.47 bits per heavy atom. The summed E-state index contributed by atoms with van der Waals surface area (Å²) < 4.78 is 0. The second-order valence-electron chi connectivity index (χ2n) is 4.21. The Hall–Kier alpha value is -1.35. The Kier molecular flexibility index (Phi) is 4.70. The third kappa shape index (κ3) is 3.86. The van der Waals surface area contributed by atoms with Crippen LogP contribution in [0.2, 0.25) is 5.02 Å². The summed E-state index contributed by atoms with van der Waals surface area (Å²) >= 11 is 5.70. The van der Waals surface area contributed by atoms with Gasteiger partial charge >= 0.3 is 0 Å². The number of phenolic OH excluding ortho intramolecular Hbond substituents is 1. The van der Waals surface area contributed by atoms with Crippen LogP contribution >= 0.6 is 11.6 Å². The molecule has 0 fully saturated rings. The number of rotatable bonds is 5. The lowest BCUT2D eigenvalue weighted by molar-refractivity contribution is -0.121. The van der Waals surface area contributed by atoms with Crippen LogP contribution in [0, 0.1) is 5.92 Å². The number of hydrogen-bond acceptors (Lipinski definition) is 3. The molecule has 0 unspecified atom stereocenters. The Morgan fingerprint density at radius 2 is 1.94 bits per heavy atom. The molecule has 0 heterocycles. The van der Waals surface area contributed by atoms with Crippen molar-refractivity contribution >= 4 is 23.2 Å². The van der Waals surface area contributed by atoms with Gasteiger partial charge in [-0.05, 0) is 18.2 Å². The number of carbonyl (C=O) groups excluding carboxylic acids is 2. The first kappa shape index (κ1) is 13.7. The van der Waals surface area contributed by atoms with E-state index in [2.05, 4.69) is 0 Å². The molecule has 0 aliphatic heterocycles. The van der Waals surface area contributed by atoms with Gasteiger partial charge in [0.1, 0.15) is 11.5 Å². The molecule has 4 heteroatoms. The molecule has 17 heavy (non-hydrogen) atoms. The zero-order chi connectivity index (χ0) is 13.0. The fourth-order valence-electron chi connectivity index (χ4n) is 1.35. The first-order chi connectivity index (χ1) is 7.91. The number of ketones is 2. The van der Waals surface area contributed by atoms with Crippen molar-refractivity contribution < 1.29 is 14.7 Å². The van der Waals surface area contributed by atoms with Gasteiger partial charge in [0.05, 0.1) is 5.02 Å². The highest BCUT2D eigenvalue weighted by atomic mass is 35.5. The molecular weight excluding hydrogens is 240 g/mol. The molecular formula is C13H15ClO3. The fourth-order valence-corrected chi connectivity index (χ4v) is 1.53. The van der Waals surface area contributed by atoms with Crippen LogP contribution in [0.4, 0.5) is 0 Å². The van der Waals surface area contributed by atoms with Gasteiger partial charge in [-0.3, -0.25) is 9.59 Å². The second kappa shape index (κ2) is 5.82. The number of benzene rings is 1. The van der Waals surface area contributed by atoms with Crippen LogP contribution in [0.5, 0.6) is 5.75 Å². The van der Waals surface area contributed by atoms with E-state index in [-0.39, 0.29) is 41.1 Å². The quantitative estimate of drug-likeness (QED) is 0.821. The molecule has 0 aromatic heterocycles. The van der Waals surface area contributed by atoms with E-state index in [1.54, 1.807) is 0 Å². The maximum Gasteiger partial charge on any atom is 0.163 e. The van der Waals surface area contributed by atoms with Crippen LogP contribution in [-0.2, 0) is 4.79 Å². The molecule has 1 N–H and O–H groups in total. The normalized spacial score (nSPS) is 10.6. The van der Waals surface area contributed by atoms with Crippen LogP contribution in [0.25, 0.3) is 0 Å². The molecule has 0 amide bonds. The highest BCUT2D eigenvalue weighted by Gasteiger charge is 2.12. The number of halogens is 1. The molecule has 0 saturated carbocycles. The molecule has 0 atom stereocenters. The van der Waals surface area contributed by atoms with Crippen LogP contribution in [0.15, 0.2) is 18.2 Å². The smallest absolute Gasteiger partial charge is 0.163 e. The third-order valence-electron chi connectivity index (χ3n) is 2.51. The van der Waals surface area contributed by atoms with E-state index in [0.29, 0.717) is 5.56 Å². The zero-order valence-corrected chi connectivity index (χ0v) is 10.6. The lowest BCUT2D eigenvalue weighted by Gasteiger charge is -2.04. The lowest BCUT2D eigenvalue weighted by Crippen LogP contribution is -2.09. The van der Waals surface area contributed by atoms with Gasteiger partial charge in [-0.25, -0.2) is 0 Å². The number of phenols is 1. The Labute approximate surface area is 105 Å². The first-order valence-corrected chi connectivity index (χ1v) is 5.84. The van der Waals surface area contributed by atoms with Crippen molar-refractivity contribution in [1.29, 1.82) is 0 Å². The molecule has 0 saturated heterocycles. The van der Waals surface area contributed by atoms with Crippen molar-refractivity contribution in [2.75, 3.05) is 0 Å². The van der Waals surface area contributed by atoms with Gasteiger partial charge in [0.15, 0.2) is 5.78 Å². The first-order valence-electron chi connectivity index (χ1n) is 5.46. The lowest BCUT2D eigenvalue weighted by atomic mass is 10.00. The standard InChI is InChI=1S/C13H15ClO3/c1-8(2)11(15)5-6-12(16)9-3-4-13(17)10(14)7-9/h3-4,7-8,17H,5-6H2,1-2H3. The highest BCUT2D eigenvalue weighted by molar-refractivity contribution is 6.32. The summed E-state index contributed by atoms with van der Waals surface area (Å²) in [7, 11) is 0. The highest BCUT2D eigenvalue weighted by Crippen LogP contribution is 2.24. The summed E-state index contributed by atoms with van der Waals surface area (Å²) in [6.07, 6.45) is 0.424. The average Bonchev–Trinajstić information content (AvgIpc) is 2.28. The van der Waals surface area contributed by atoms with E-state index in [1.165, 1.54) is 18.2 Å². The fraction of sp³-hybridized carbons (Fsp3) is 0.385. The Morgan fingerprint density at radius 1 is 1.29 bits per heavy atom. The summed E-state index contributed by atoms with van der Waals surface area (Å²) in [5, 5.41) is 9.36. The van der Waals surface area contributed by atoms with E-state index in [9.17, 15) is 14.7 Å². The van der Waals surface area contributed by atoms with Gasteiger partial charge in [-0.1, -0.05) is 25.4 Å². The molecule has 1 aromatic rings. The van der Waals surface area contributed by atoms with E-state index in [4.69, 9.17) is 11.6 Å². The van der Waals surface area contributed by atoms with Crippen LogP contribution < -0.4 is 0 Å². The molecule has 0 radical (unpaired) electrons. The molecule has 0 aliphatic carbocycles. The van der Waals surface area contributed by atoms with E-state index < -0.39 is 0 Å². The minimum Gasteiger partial charge on any atom is -0.506 e. The van der Waals surface area contributed by atoms with E-state index >= 15 is 0 Å². The van der Waals surface area contributed by atoms with Crippen LogP contribution in [-0.4, -0.2) is 16.7 Å². The predicted molar refractivity (Wildman–Crippen MR) is 66.5 cm³/mol. The largest absolute Gasteiger partial charge is 0.506 e. The molecule has 0 aliphatic rings. The average molecular weight is 255 g/mol. The van der Waals surface area contributed by atoms with Crippen LogP contribution in [0.3, 0.4) is 0 Å². The maximum atomic E-state index is 11.7. The van der Waals surface area contributed by atoms with Crippen molar-refractivity contribution in [2.45, 2.75) is 26.7 Å². The molecule has 1 rings (SSSR count). The van der Waals surface area contributed by atoms with Crippen molar-refractivity contribution in [3.05, 3.63) is 28.8 Å². The van der Waals surface area contributed by atoms with E-state index in [0.717, 1.165) is 0 Å². The Bertz CT molecular complexity index is 438. The van der Waals surface area contributed by atoms with Gasteiger partial charge in [-0.15, -0.1) is 0 Å². The summed E-state index contributed by atoms with van der Waals surface area (Å²) in [4.78, 5) is 23.1. The summed E-state index contributed by atoms with van der Waals surface area (Å²) in [5.74, 6) is -0.170. The van der Waals surface area contributed by atoms with Gasteiger partial charge in [0.25, 0.3) is 0 Å². The summed E-state index contributed by atoms with van der Waals surface area (Å²) in [5.41, 5.74) is 0.421. The SMILES string of the molecule is CC(C)C(=O)CCC(=O)c1ccc(O)c(Cl)c1.